The van der Waals surface area contributed by atoms with E-state index < -0.39 is 12.1 Å². The van der Waals surface area contributed by atoms with Crippen LogP contribution in [0.25, 0.3) is 0 Å². The quantitative estimate of drug-likeness (QED) is 0.710. The van der Waals surface area contributed by atoms with Gasteiger partial charge in [0.2, 0.25) is 0 Å². The van der Waals surface area contributed by atoms with Crippen LogP contribution in [0.5, 0.6) is 5.75 Å². The van der Waals surface area contributed by atoms with Gasteiger partial charge in [0.05, 0.1) is 17.7 Å². The largest absolute Gasteiger partial charge is 0.479 e. The topological polar surface area (TPSA) is 88.4 Å². The molecule has 0 saturated heterocycles. The maximum Gasteiger partial charge on any atom is 0.347 e. The van der Waals surface area contributed by atoms with Gasteiger partial charge in [-0.1, -0.05) is 18.2 Å². The van der Waals surface area contributed by atoms with Crippen molar-refractivity contribution < 1.29 is 19.1 Å². The lowest BCUT2D eigenvalue weighted by molar-refractivity contribution is -0.154. The van der Waals surface area contributed by atoms with Crippen molar-refractivity contribution in [3.05, 3.63) is 64.7 Å². The number of carbonyl (C=O) groups excluding carboxylic acids is 2. The summed E-state index contributed by atoms with van der Waals surface area (Å²) in [6.45, 7) is 3.10. The highest BCUT2D eigenvalue weighted by Gasteiger charge is 2.19. The van der Waals surface area contributed by atoms with E-state index in [2.05, 4.69) is 23.5 Å². The molecular weight excluding hydrogens is 380 g/mol. The fraction of sp³-hybridized carbons (Fsp3) is 0.375. The summed E-state index contributed by atoms with van der Waals surface area (Å²) < 4.78 is 10.6. The summed E-state index contributed by atoms with van der Waals surface area (Å²) in [6, 6.07) is 14.6. The van der Waals surface area contributed by atoms with Gasteiger partial charge in [0, 0.05) is 0 Å². The Kier molecular flexibility index (Phi) is 7.08. The zero-order valence-corrected chi connectivity index (χ0v) is 17.3. The van der Waals surface area contributed by atoms with E-state index in [0.29, 0.717) is 11.3 Å². The number of hydrogen-bond acceptors (Lipinski definition) is 5. The molecule has 2 aromatic carbocycles. The molecule has 0 spiro atoms. The first kappa shape index (κ1) is 21.4. The molecule has 0 aliphatic heterocycles. The predicted molar refractivity (Wildman–Crippen MR) is 112 cm³/mol. The smallest absolute Gasteiger partial charge is 0.347 e. The van der Waals surface area contributed by atoms with Crippen molar-refractivity contribution in [2.75, 3.05) is 6.61 Å². The highest BCUT2D eigenvalue weighted by atomic mass is 16.6. The molecule has 1 aliphatic carbocycles. The number of carbonyl (C=O) groups is 2. The maximum atomic E-state index is 12.2. The summed E-state index contributed by atoms with van der Waals surface area (Å²) in [7, 11) is 0. The number of benzene rings is 2. The molecule has 0 unspecified atom stereocenters. The summed E-state index contributed by atoms with van der Waals surface area (Å²) in [5, 5.41) is 11.7. The number of nitriles is 1. The molecule has 0 aromatic heterocycles. The second kappa shape index (κ2) is 9.93. The molecule has 6 nitrogen and oxygen atoms in total. The van der Waals surface area contributed by atoms with Crippen LogP contribution in [0.4, 0.5) is 0 Å². The van der Waals surface area contributed by atoms with Gasteiger partial charge in [-0.15, -0.1) is 0 Å². The molecule has 0 fully saturated rings. The molecule has 3 rings (SSSR count). The minimum absolute atomic E-state index is 0.171. The molecule has 0 saturated carbocycles. The van der Waals surface area contributed by atoms with Crippen LogP contribution in [-0.2, 0) is 27.2 Å². The van der Waals surface area contributed by atoms with Crippen LogP contribution in [0.2, 0.25) is 0 Å². The Labute approximate surface area is 176 Å². The van der Waals surface area contributed by atoms with Gasteiger partial charge < -0.3 is 14.8 Å². The molecule has 2 aromatic rings. The average Bonchev–Trinajstić information content (AvgIpc) is 2.77. The zero-order valence-electron chi connectivity index (χ0n) is 17.3. The van der Waals surface area contributed by atoms with E-state index in [1.807, 2.05) is 13.0 Å². The second-order valence-electron chi connectivity index (χ2n) is 7.53. The van der Waals surface area contributed by atoms with E-state index in [1.54, 1.807) is 31.2 Å². The highest BCUT2D eigenvalue weighted by Crippen LogP contribution is 2.24. The lowest BCUT2D eigenvalue weighted by Gasteiger charge is -2.20. The van der Waals surface area contributed by atoms with Gasteiger partial charge in [-0.2, -0.15) is 5.26 Å². The number of nitrogens with zero attached hydrogens (tertiary/aromatic N) is 1. The molecule has 30 heavy (non-hydrogen) atoms. The Bertz CT molecular complexity index is 947. The predicted octanol–water partition coefficient (Wildman–Crippen LogP) is 3.62. The van der Waals surface area contributed by atoms with Crippen molar-refractivity contribution in [2.45, 2.75) is 51.7 Å². The summed E-state index contributed by atoms with van der Waals surface area (Å²) in [5.74, 6) is -0.543. The van der Waals surface area contributed by atoms with Crippen molar-refractivity contribution in [1.82, 2.24) is 5.32 Å². The molecule has 6 heteroatoms. The van der Waals surface area contributed by atoms with Crippen molar-refractivity contribution in [1.29, 1.82) is 5.26 Å². The van der Waals surface area contributed by atoms with Gasteiger partial charge in [0.1, 0.15) is 5.75 Å². The van der Waals surface area contributed by atoms with Gasteiger partial charge in [0.25, 0.3) is 5.91 Å². The minimum atomic E-state index is -0.871. The lowest BCUT2D eigenvalue weighted by atomic mass is 9.89. The van der Waals surface area contributed by atoms with E-state index in [1.165, 1.54) is 24.0 Å². The third-order valence-corrected chi connectivity index (χ3v) is 5.22. The number of aryl methyl sites for hydroxylation is 2. The van der Waals surface area contributed by atoms with E-state index in [-0.39, 0.29) is 18.6 Å². The van der Waals surface area contributed by atoms with Gasteiger partial charge in [-0.3, -0.25) is 4.79 Å². The minimum Gasteiger partial charge on any atom is -0.479 e. The third kappa shape index (κ3) is 5.60. The van der Waals surface area contributed by atoms with Gasteiger partial charge in [0.15, 0.2) is 12.7 Å². The molecule has 1 aliphatic rings. The van der Waals surface area contributed by atoms with Crippen molar-refractivity contribution in [3.63, 3.8) is 0 Å². The van der Waals surface area contributed by atoms with Crippen molar-refractivity contribution in [3.8, 4) is 11.8 Å². The van der Waals surface area contributed by atoms with E-state index in [0.717, 1.165) is 18.4 Å². The molecular formula is C24H26N2O4. The summed E-state index contributed by atoms with van der Waals surface area (Å²) in [6.07, 6.45) is 3.77. The second-order valence-corrected chi connectivity index (χ2v) is 7.53. The molecule has 2 atom stereocenters. The summed E-state index contributed by atoms with van der Waals surface area (Å²) in [5.41, 5.74) is 4.31. The number of nitrogens with one attached hydrogen (secondary N) is 1. The molecule has 0 heterocycles. The molecule has 0 radical (unpaired) electrons. The number of rotatable bonds is 7. The number of ether oxygens (including phenoxy) is 2. The van der Waals surface area contributed by atoms with Crippen LogP contribution in [0.1, 0.15) is 55.0 Å². The Balaban J connectivity index is 1.46. The highest BCUT2D eigenvalue weighted by molar-refractivity contribution is 5.82. The Morgan fingerprint density at radius 3 is 2.47 bits per heavy atom. The molecule has 1 N–H and O–H groups in total. The van der Waals surface area contributed by atoms with Gasteiger partial charge in [-0.05, 0) is 80.5 Å². The van der Waals surface area contributed by atoms with E-state index in [4.69, 9.17) is 14.7 Å². The third-order valence-electron chi connectivity index (χ3n) is 5.22. The van der Waals surface area contributed by atoms with Crippen LogP contribution < -0.4 is 10.1 Å². The van der Waals surface area contributed by atoms with Crippen LogP contribution in [0, 0.1) is 11.3 Å². The SMILES string of the molecule is C[C@@H](Oc1ccc(C#N)cc1)C(=O)OCC(=O)N[C@H](C)c1ccc2c(c1)CCCC2. The normalized spacial score (nSPS) is 14.6. The first-order chi connectivity index (χ1) is 14.5. The van der Waals surface area contributed by atoms with E-state index in [9.17, 15) is 9.59 Å². The zero-order chi connectivity index (χ0) is 21.5. The summed E-state index contributed by atoms with van der Waals surface area (Å²) in [4.78, 5) is 24.3. The van der Waals surface area contributed by atoms with Crippen molar-refractivity contribution >= 4 is 11.9 Å². The average molecular weight is 406 g/mol. The van der Waals surface area contributed by atoms with Gasteiger partial charge >= 0.3 is 5.97 Å². The number of amides is 1. The molecule has 1 amide bonds. The number of hydrogen-bond donors (Lipinski definition) is 1. The lowest BCUT2D eigenvalue weighted by Crippen LogP contribution is -2.34. The van der Waals surface area contributed by atoms with E-state index >= 15 is 0 Å². The number of esters is 1. The number of fused-ring (bicyclic) bond motifs is 1. The van der Waals surface area contributed by atoms with Gasteiger partial charge in [-0.25, -0.2) is 4.79 Å². The Morgan fingerprint density at radius 2 is 1.77 bits per heavy atom. The fourth-order valence-corrected chi connectivity index (χ4v) is 3.50. The standard InChI is InChI=1S/C24H26N2O4/c1-16(20-10-9-19-5-3-4-6-21(19)13-20)26-23(27)15-29-24(28)17(2)30-22-11-7-18(14-25)8-12-22/h7-13,16-17H,3-6,15H2,1-2H3,(H,26,27)/t16-,17-/m1/s1. The van der Waals surface area contributed by atoms with Crippen LogP contribution in [-0.4, -0.2) is 24.6 Å². The van der Waals surface area contributed by atoms with Crippen LogP contribution in [0.3, 0.4) is 0 Å². The Morgan fingerprint density at radius 1 is 1.07 bits per heavy atom. The Hall–Kier alpha value is -3.33. The fourth-order valence-electron chi connectivity index (χ4n) is 3.50. The molecule has 0 bridgehead atoms. The molecule has 156 valence electrons. The first-order valence-electron chi connectivity index (χ1n) is 10.2. The first-order valence-corrected chi connectivity index (χ1v) is 10.2. The van der Waals surface area contributed by atoms with Crippen LogP contribution >= 0.6 is 0 Å². The summed E-state index contributed by atoms with van der Waals surface area (Å²) >= 11 is 0. The van der Waals surface area contributed by atoms with Crippen molar-refractivity contribution in [2.24, 2.45) is 0 Å². The van der Waals surface area contributed by atoms with Crippen LogP contribution in [0.15, 0.2) is 42.5 Å². The monoisotopic (exact) mass is 406 g/mol. The maximum absolute atomic E-state index is 12.2.